The van der Waals surface area contributed by atoms with E-state index >= 15 is 0 Å². The molecule has 1 saturated heterocycles. The predicted octanol–water partition coefficient (Wildman–Crippen LogP) is 2.99. The Morgan fingerprint density at radius 2 is 1.97 bits per heavy atom. The number of nitrogens with zero attached hydrogens (tertiary/aromatic N) is 2. The number of esters is 1. The quantitative estimate of drug-likeness (QED) is 0.378. The van der Waals surface area contributed by atoms with Crippen LogP contribution in [0.1, 0.15) is 63.5 Å². The number of ether oxygens (including phenoxy) is 1. The molecule has 2 fully saturated rings. The van der Waals surface area contributed by atoms with Gasteiger partial charge in [-0.25, -0.2) is 4.99 Å². The molecule has 7 heteroatoms. The van der Waals surface area contributed by atoms with Gasteiger partial charge in [-0.15, -0.1) is 0 Å². The fraction of sp³-hybridized carbons (Fsp3) is 0.625. The minimum absolute atomic E-state index is 0.0303. The first-order valence-electron chi connectivity index (χ1n) is 11.7. The number of amides is 1. The number of aliphatic imine (C=N–C) groups is 1. The molecule has 2 N–H and O–H groups in total. The molecule has 0 aromatic heterocycles. The number of carbonyl (C=O) groups is 2. The molecular weight excluding hydrogens is 392 g/mol. The first-order valence-corrected chi connectivity index (χ1v) is 11.7. The number of guanidine groups is 1. The maximum Gasteiger partial charge on any atom is 0.308 e. The maximum absolute atomic E-state index is 11.9. The van der Waals surface area contributed by atoms with Crippen LogP contribution >= 0.6 is 0 Å². The minimum Gasteiger partial charge on any atom is -0.466 e. The number of nitrogens with one attached hydrogen (secondary N) is 2. The van der Waals surface area contributed by atoms with Crippen molar-refractivity contribution in [2.24, 2.45) is 10.9 Å². The van der Waals surface area contributed by atoms with Crippen LogP contribution in [0.15, 0.2) is 29.3 Å². The minimum atomic E-state index is -0.0583. The van der Waals surface area contributed by atoms with Crippen molar-refractivity contribution in [3.8, 4) is 0 Å². The zero-order chi connectivity index (χ0) is 22.1. The van der Waals surface area contributed by atoms with Crippen LogP contribution in [0.3, 0.4) is 0 Å². The van der Waals surface area contributed by atoms with Crippen molar-refractivity contribution >= 4 is 17.8 Å². The van der Waals surface area contributed by atoms with E-state index in [2.05, 4.69) is 35.8 Å². The van der Waals surface area contributed by atoms with Crippen LogP contribution in [-0.4, -0.2) is 48.5 Å². The summed E-state index contributed by atoms with van der Waals surface area (Å²) < 4.78 is 5.16. The van der Waals surface area contributed by atoms with Crippen LogP contribution < -0.4 is 10.6 Å². The van der Waals surface area contributed by atoms with Gasteiger partial charge in [-0.05, 0) is 57.1 Å². The lowest BCUT2D eigenvalue weighted by Gasteiger charge is -2.29. The van der Waals surface area contributed by atoms with Crippen molar-refractivity contribution in [1.29, 1.82) is 0 Å². The van der Waals surface area contributed by atoms with Crippen LogP contribution in [-0.2, 0) is 27.4 Å². The predicted molar refractivity (Wildman–Crippen MR) is 121 cm³/mol. The Hall–Kier alpha value is -2.57. The number of benzene rings is 1. The summed E-state index contributed by atoms with van der Waals surface area (Å²) in [6.07, 6.45) is 5.21. The highest BCUT2D eigenvalue weighted by atomic mass is 16.5. The molecule has 0 radical (unpaired) electrons. The molecule has 1 saturated carbocycles. The SMILES string of the molecule is CCNC(=NCc1cccc(CN2CCCC2=O)c1)NC1CCC(C(=O)OCC)CC1. The van der Waals surface area contributed by atoms with E-state index in [1.165, 1.54) is 0 Å². The molecule has 1 heterocycles. The van der Waals surface area contributed by atoms with Gasteiger partial charge in [0.25, 0.3) is 0 Å². The zero-order valence-corrected chi connectivity index (χ0v) is 18.9. The highest BCUT2D eigenvalue weighted by Gasteiger charge is 2.27. The largest absolute Gasteiger partial charge is 0.466 e. The third kappa shape index (κ3) is 6.97. The number of carbonyl (C=O) groups excluding carboxylic acids is 2. The standard InChI is InChI=1S/C24H36N4O3/c1-3-25-24(27-21-12-10-20(11-13-21)23(30)31-4-2)26-16-18-7-5-8-19(15-18)17-28-14-6-9-22(28)29/h5,7-8,15,20-21H,3-4,6,9-14,16-17H2,1-2H3,(H2,25,26,27). The van der Waals surface area contributed by atoms with Crippen molar-refractivity contribution in [3.05, 3.63) is 35.4 Å². The molecule has 0 bridgehead atoms. The van der Waals surface area contributed by atoms with Crippen molar-refractivity contribution in [3.63, 3.8) is 0 Å². The molecule has 31 heavy (non-hydrogen) atoms. The van der Waals surface area contributed by atoms with Gasteiger partial charge in [0, 0.05) is 32.1 Å². The highest BCUT2D eigenvalue weighted by Crippen LogP contribution is 2.25. The summed E-state index contributed by atoms with van der Waals surface area (Å²) in [7, 11) is 0. The van der Waals surface area contributed by atoms with Gasteiger partial charge in [0.15, 0.2) is 5.96 Å². The van der Waals surface area contributed by atoms with E-state index < -0.39 is 0 Å². The van der Waals surface area contributed by atoms with Crippen LogP contribution in [0.4, 0.5) is 0 Å². The highest BCUT2D eigenvalue weighted by molar-refractivity contribution is 5.80. The van der Waals surface area contributed by atoms with E-state index in [1.807, 2.05) is 17.9 Å². The molecule has 1 aromatic rings. The van der Waals surface area contributed by atoms with Crippen molar-refractivity contribution in [2.45, 2.75) is 71.5 Å². The molecule has 1 aliphatic carbocycles. The number of hydrogen-bond donors (Lipinski definition) is 2. The summed E-state index contributed by atoms with van der Waals surface area (Å²) >= 11 is 0. The Morgan fingerprint density at radius 3 is 2.65 bits per heavy atom. The van der Waals surface area contributed by atoms with Crippen molar-refractivity contribution in [2.75, 3.05) is 19.7 Å². The third-order valence-corrected chi connectivity index (χ3v) is 5.99. The molecule has 1 aliphatic heterocycles. The monoisotopic (exact) mass is 428 g/mol. The van der Waals surface area contributed by atoms with Gasteiger partial charge < -0.3 is 20.3 Å². The lowest BCUT2D eigenvalue weighted by molar-refractivity contribution is -0.149. The average molecular weight is 429 g/mol. The first kappa shape index (κ1) is 23.1. The topological polar surface area (TPSA) is 83.0 Å². The van der Waals surface area contributed by atoms with Crippen LogP contribution in [0.5, 0.6) is 0 Å². The molecular formula is C24H36N4O3. The lowest BCUT2D eigenvalue weighted by atomic mass is 9.86. The molecule has 1 amide bonds. The average Bonchev–Trinajstić information content (AvgIpc) is 3.17. The van der Waals surface area contributed by atoms with Gasteiger partial charge in [0.1, 0.15) is 0 Å². The van der Waals surface area contributed by atoms with E-state index in [0.29, 0.717) is 32.2 Å². The fourth-order valence-corrected chi connectivity index (χ4v) is 4.34. The van der Waals surface area contributed by atoms with Gasteiger partial charge in [0.2, 0.25) is 5.91 Å². The van der Waals surface area contributed by atoms with Gasteiger partial charge in [-0.1, -0.05) is 24.3 Å². The smallest absolute Gasteiger partial charge is 0.308 e. The van der Waals surface area contributed by atoms with E-state index in [1.54, 1.807) is 0 Å². The number of rotatable bonds is 8. The Labute approximate surface area is 185 Å². The van der Waals surface area contributed by atoms with Crippen LogP contribution in [0, 0.1) is 5.92 Å². The summed E-state index contributed by atoms with van der Waals surface area (Å²) in [5.41, 5.74) is 2.28. The van der Waals surface area contributed by atoms with E-state index in [4.69, 9.17) is 9.73 Å². The van der Waals surface area contributed by atoms with Gasteiger partial charge in [-0.3, -0.25) is 9.59 Å². The molecule has 3 rings (SSSR count). The van der Waals surface area contributed by atoms with Crippen molar-refractivity contribution in [1.82, 2.24) is 15.5 Å². The van der Waals surface area contributed by atoms with Gasteiger partial charge in [-0.2, -0.15) is 0 Å². The van der Waals surface area contributed by atoms with E-state index in [0.717, 1.165) is 62.3 Å². The molecule has 7 nitrogen and oxygen atoms in total. The van der Waals surface area contributed by atoms with E-state index in [-0.39, 0.29) is 17.8 Å². The molecule has 170 valence electrons. The second-order valence-electron chi connectivity index (χ2n) is 8.38. The molecule has 0 unspecified atom stereocenters. The molecule has 2 aliphatic rings. The third-order valence-electron chi connectivity index (χ3n) is 5.99. The Kier molecular flexibility index (Phi) is 8.74. The normalized spacial score (nSPS) is 21.8. The molecule has 0 atom stereocenters. The Morgan fingerprint density at radius 1 is 1.19 bits per heavy atom. The van der Waals surface area contributed by atoms with Crippen molar-refractivity contribution < 1.29 is 14.3 Å². The van der Waals surface area contributed by atoms with Gasteiger partial charge in [0.05, 0.1) is 19.1 Å². The molecule has 0 spiro atoms. The number of hydrogen-bond acceptors (Lipinski definition) is 4. The summed E-state index contributed by atoms with van der Waals surface area (Å²) in [5, 5.41) is 6.86. The molecule has 1 aromatic carbocycles. The number of likely N-dealkylation sites (tertiary alicyclic amines) is 1. The van der Waals surface area contributed by atoms with E-state index in [9.17, 15) is 9.59 Å². The summed E-state index contributed by atoms with van der Waals surface area (Å²) in [6, 6.07) is 8.65. The second kappa shape index (κ2) is 11.7. The Balaban J connectivity index is 1.53. The fourth-order valence-electron chi connectivity index (χ4n) is 4.34. The van der Waals surface area contributed by atoms with Crippen LogP contribution in [0.25, 0.3) is 0 Å². The van der Waals surface area contributed by atoms with Gasteiger partial charge >= 0.3 is 5.97 Å². The summed E-state index contributed by atoms with van der Waals surface area (Å²) in [5.74, 6) is 1.03. The Bertz CT molecular complexity index is 772. The van der Waals surface area contributed by atoms with Crippen LogP contribution in [0.2, 0.25) is 0 Å². The maximum atomic E-state index is 11.9. The summed E-state index contributed by atoms with van der Waals surface area (Å²) in [6.45, 7) is 7.26. The summed E-state index contributed by atoms with van der Waals surface area (Å²) in [4.78, 5) is 30.5. The zero-order valence-electron chi connectivity index (χ0n) is 18.9. The second-order valence-corrected chi connectivity index (χ2v) is 8.38. The lowest BCUT2D eigenvalue weighted by Crippen LogP contribution is -2.45. The first-order chi connectivity index (χ1) is 15.1.